The van der Waals surface area contributed by atoms with Gasteiger partial charge in [-0.25, -0.2) is 4.79 Å². The number of likely N-dealkylation sites (N-methyl/N-ethyl adjacent to an activating group) is 1. The number of Topliss-reactive ketones (excluding diaryl/α,β-unsaturated/α-hetero) is 2. The van der Waals surface area contributed by atoms with E-state index in [9.17, 15) is 29.1 Å². The number of aliphatic hydroxyl groups is 1. The largest absolute Gasteiger partial charge is 0.480 e. The van der Waals surface area contributed by atoms with Gasteiger partial charge in [-0.05, 0) is 20.4 Å². The van der Waals surface area contributed by atoms with E-state index in [1.807, 2.05) is 11.9 Å². The van der Waals surface area contributed by atoms with Crippen molar-refractivity contribution in [2.75, 3.05) is 44.8 Å². The summed E-state index contributed by atoms with van der Waals surface area (Å²) in [5.41, 5.74) is 9.75. The van der Waals surface area contributed by atoms with Crippen LogP contribution >= 0.6 is 21.6 Å². The Hall–Kier alpha value is -2.79. The van der Waals surface area contributed by atoms with Crippen LogP contribution in [-0.4, -0.2) is 118 Å². The fraction of sp³-hybridized carbons (Fsp3) is 0.625. The van der Waals surface area contributed by atoms with Gasteiger partial charge in [0, 0.05) is 54.7 Å². The molecule has 8 N–H and O–H groups in total. The molecule has 6 atom stereocenters. The van der Waals surface area contributed by atoms with Gasteiger partial charge < -0.3 is 42.0 Å². The average molecular weight is 599 g/mol. The number of rotatable bonds is 14. The first-order valence-corrected chi connectivity index (χ1v) is 15.3. The van der Waals surface area contributed by atoms with Crippen LogP contribution in [0.25, 0.3) is 0 Å². The maximum atomic E-state index is 13.6. The van der Waals surface area contributed by atoms with Crippen molar-refractivity contribution in [2.24, 2.45) is 17.4 Å². The number of nitrogens with zero attached hydrogens (tertiary/aromatic N) is 2. The zero-order valence-corrected chi connectivity index (χ0v) is 23.8. The number of hydrogen-bond acceptors (Lipinski definition) is 13. The van der Waals surface area contributed by atoms with Crippen LogP contribution in [0.4, 0.5) is 4.79 Å². The number of piperazine rings is 1. The van der Waals surface area contributed by atoms with Crippen molar-refractivity contribution in [2.45, 2.75) is 43.6 Å². The van der Waals surface area contributed by atoms with E-state index in [-0.39, 0.29) is 65.8 Å². The second-order valence-electron chi connectivity index (χ2n) is 10.1. The molecular weight excluding hydrogens is 564 g/mol. The average Bonchev–Trinajstić information content (AvgIpc) is 3.32. The molecule has 2 fully saturated rings. The molecule has 0 radical (unpaired) electrons. The standard InChI is InChI=1S/C24H34N6O8S2/c1-11-17(28-6-8-40-39-7-5-27-15(31)4-3-13(25)22(34)35)20(33)16-12(10-38-23(26)36)24(37)21-14(29(21)2)9-30(24)18(16)19(11)32/h12-14,21,28,37H,3-10,25H2,1-2H3,(H2,26,36)(H,27,31)(H,34,35)/t12-,13+,14+,21+,24-,29?/m1/s1. The molecule has 4 rings (SSSR count). The van der Waals surface area contributed by atoms with Crippen molar-refractivity contribution in [3.05, 3.63) is 22.5 Å². The summed E-state index contributed by atoms with van der Waals surface area (Å²) in [7, 11) is 4.89. The summed E-state index contributed by atoms with van der Waals surface area (Å²) in [6.07, 6.45) is -0.922. The predicted octanol–water partition coefficient (Wildman–Crippen LogP) is -1.64. The number of carboxylic acids is 1. The second kappa shape index (κ2) is 12.0. The van der Waals surface area contributed by atoms with Gasteiger partial charge in [-0.15, -0.1) is 0 Å². The lowest BCUT2D eigenvalue weighted by Gasteiger charge is -2.37. The van der Waals surface area contributed by atoms with Crippen LogP contribution < -0.4 is 22.1 Å². The fourth-order valence-corrected chi connectivity index (χ4v) is 7.47. The van der Waals surface area contributed by atoms with Crippen molar-refractivity contribution in [1.82, 2.24) is 20.4 Å². The molecule has 3 aliphatic heterocycles. The van der Waals surface area contributed by atoms with Crippen molar-refractivity contribution < 1.29 is 38.9 Å². The third kappa shape index (κ3) is 5.54. The fourth-order valence-electron chi connectivity index (χ4n) is 5.65. The number of carboxylic acid groups (broad SMARTS) is 1. The number of carbonyl (C=O) groups is 5. The Labute approximate surface area is 238 Å². The highest BCUT2D eigenvalue weighted by Gasteiger charge is 2.74. The van der Waals surface area contributed by atoms with Gasteiger partial charge in [0.1, 0.15) is 12.6 Å². The summed E-state index contributed by atoms with van der Waals surface area (Å²) in [4.78, 5) is 64.5. The monoisotopic (exact) mass is 598 g/mol. The molecule has 40 heavy (non-hydrogen) atoms. The molecule has 4 aliphatic rings. The zero-order valence-electron chi connectivity index (χ0n) is 22.2. The lowest BCUT2D eigenvalue weighted by atomic mass is 9.82. The summed E-state index contributed by atoms with van der Waals surface area (Å²) in [6, 6.07) is -1.31. The Morgan fingerprint density at radius 2 is 1.88 bits per heavy atom. The van der Waals surface area contributed by atoms with Crippen LogP contribution in [-0.2, 0) is 23.9 Å². The van der Waals surface area contributed by atoms with Gasteiger partial charge in [0.2, 0.25) is 17.5 Å². The number of hydrogen-bond donors (Lipinski definition) is 6. The van der Waals surface area contributed by atoms with Crippen molar-refractivity contribution >= 4 is 51.1 Å². The van der Waals surface area contributed by atoms with Crippen LogP contribution in [0, 0.1) is 5.92 Å². The van der Waals surface area contributed by atoms with E-state index in [4.69, 9.17) is 21.3 Å². The Morgan fingerprint density at radius 3 is 2.52 bits per heavy atom. The van der Waals surface area contributed by atoms with Gasteiger partial charge in [-0.1, -0.05) is 21.6 Å². The summed E-state index contributed by atoms with van der Waals surface area (Å²) in [5.74, 6) is -1.87. The van der Waals surface area contributed by atoms with Gasteiger partial charge in [0.05, 0.1) is 23.4 Å². The second-order valence-corrected chi connectivity index (χ2v) is 12.8. The van der Waals surface area contributed by atoms with Crippen LogP contribution in [0.3, 0.4) is 0 Å². The SMILES string of the molecule is CC1=C(NCCSSCCNC(=O)CC[C@H](N)C(=O)O)C(=O)C2=C(C1=O)N1C[C@H]3[C@H](N3C)[C@]1(O)[C@@H]2COC(N)=O. The summed E-state index contributed by atoms with van der Waals surface area (Å²) >= 11 is 0. The van der Waals surface area contributed by atoms with Crippen LogP contribution in [0.1, 0.15) is 19.8 Å². The minimum Gasteiger partial charge on any atom is -0.480 e. The van der Waals surface area contributed by atoms with Crippen molar-refractivity contribution in [3.63, 3.8) is 0 Å². The Balaban J connectivity index is 1.27. The summed E-state index contributed by atoms with van der Waals surface area (Å²) < 4.78 is 5.03. The molecule has 220 valence electrons. The molecule has 0 aromatic carbocycles. The molecule has 3 heterocycles. The third-order valence-electron chi connectivity index (χ3n) is 7.73. The quantitative estimate of drug-likeness (QED) is 0.0572. The Kier molecular flexibility index (Phi) is 9.04. The summed E-state index contributed by atoms with van der Waals surface area (Å²) in [5, 5.41) is 26.3. The normalized spacial score (nSPS) is 29.1. The van der Waals surface area contributed by atoms with Gasteiger partial charge in [0.25, 0.3) is 0 Å². The van der Waals surface area contributed by atoms with E-state index >= 15 is 0 Å². The third-order valence-corrected chi connectivity index (χ3v) is 10.1. The van der Waals surface area contributed by atoms with Crippen LogP contribution in [0.5, 0.6) is 0 Å². The maximum absolute atomic E-state index is 13.6. The molecule has 1 unspecified atom stereocenters. The van der Waals surface area contributed by atoms with E-state index in [1.54, 1.807) is 11.8 Å². The molecule has 0 spiro atoms. The number of ketones is 2. The van der Waals surface area contributed by atoms with Gasteiger partial charge in [-0.2, -0.15) is 0 Å². The molecule has 2 amide bonds. The van der Waals surface area contributed by atoms with Gasteiger partial charge in [0.15, 0.2) is 5.72 Å². The molecule has 1 aliphatic carbocycles. The molecule has 0 aromatic rings. The van der Waals surface area contributed by atoms with Crippen LogP contribution in [0.2, 0.25) is 0 Å². The number of carbonyl (C=O) groups excluding carboxylic acids is 4. The number of ether oxygens (including phenoxy) is 1. The first-order valence-electron chi connectivity index (χ1n) is 12.8. The highest BCUT2D eigenvalue weighted by atomic mass is 33.1. The highest BCUT2D eigenvalue weighted by molar-refractivity contribution is 8.76. The molecule has 0 bridgehead atoms. The lowest BCUT2D eigenvalue weighted by Crippen LogP contribution is -2.53. The summed E-state index contributed by atoms with van der Waals surface area (Å²) in [6.45, 7) is 2.44. The van der Waals surface area contributed by atoms with Crippen molar-refractivity contribution in [3.8, 4) is 0 Å². The maximum Gasteiger partial charge on any atom is 0.404 e. The molecule has 0 aromatic heterocycles. The minimum atomic E-state index is -1.55. The van der Waals surface area contributed by atoms with E-state index in [1.165, 1.54) is 21.6 Å². The molecular formula is C24H34N6O8S2. The van der Waals surface area contributed by atoms with Crippen molar-refractivity contribution in [1.29, 1.82) is 0 Å². The van der Waals surface area contributed by atoms with E-state index in [2.05, 4.69) is 10.6 Å². The number of nitrogens with one attached hydrogen (secondary N) is 2. The predicted molar refractivity (Wildman–Crippen MR) is 147 cm³/mol. The highest BCUT2D eigenvalue weighted by Crippen LogP contribution is 2.57. The molecule has 0 saturated carbocycles. The number of nitrogens with two attached hydrogens (primary N) is 2. The van der Waals surface area contributed by atoms with E-state index in [0.717, 1.165) is 0 Å². The van der Waals surface area contributed by atoms with Crippen LogP contribution in [0.15, 0.2) is 22.5 Å². The number of primary amides is 1. The number of fused-ring (bicyclic) bond motifs is 4. The molecule has 16 heteroatoms. The lowest BCUT2D eigenvalue weighted by molar-refractivity contribution is -0.138. The zero-order chi connectivity index (χ0) is 29.4. The smallest absolute Gasteiger partial charge is 0.404 e. The van der Waals surface area contributed by atoms with Gasteiger partial charge in [-0.3, -0.25) is 24.1 Å². The number of aliphatic carboxylic acids is 1. The molecule has 14 nitrogen and oxygen atoms in total. The topological polar surface area (TPSA) is 217 Å². The van der Waals surface area contributed by atoms with E-state index in [0.29, 0.717) is 31.1 Å². The number of allylic oxidation sites excluding steroid dienone is 2. The first kappa shape index (κ1) is 30.2. The number of amides is 2. The minimum absolute atomic E-state index is 0.0389. The molecule has 2 saturated heterocycles. The Morgan fingerprint density at radius 1 is 1.20 bits per heavy atom. The first-order chi connectivity index (χ1) is 18.9. The van der Waals surface area contributed by atoms with E-state index < -0.39 is 35.5 Å². The van der Waals surface area contributed by atoms with Gasteiger partial charge >= 0.3 is 12.1 Å². The Bertz CT molecular complexity index is 1180.